The molecule has 0 saturated carbocycles. The van der Waals surface area contributed by atoms with Gasteiger partial charge < -0.3 is 30.2 Å². The lowest BCUT2D eigenvalue weighted by Gasteiger charge is -2.29. The van der Waals surface area contributed by atoms with Crippen molar-refractivity contribution in [2.75, 3.05) is 30.1 Å². The quantitative estimate of drug-likeness (QED) is 0.171. The van der Waals surface area contributed by atoms with Crippen LogP contribution in [-0.2, 0) is 23.4 Å². The number of ether oxygens (including phenoxy) is 2. The first-order valence-corrected chi connectivity index (χ1v) is 13.3. The molecule has 1 unspecified atom stereocenters. The van der Waals surface area contributed by atoms with E-state index in [1.165, 1.54) is 17.8 Å². The van der Waals surface area contributed by atoms with Gasteiger partial charge in [0, 0.05) is 6.54 Å². The number of anilines is 2. The van der Waals surface area contributed by atoms with Crippen LogP contribution in [0.15, 0.2) is 6.33 Å². The summed E-state index contributed by atoms with van der Waals surface area (Å²) >= 11 is 6.08. The van der Waals surface area contributed by atoms with Crippen molar-refractivity contribution in [1.82, 2.24) is 24.6 Å². The Bertz CT molecular complexity index is 1090. The standard InChI is InChI=1S/C20H32ClFN7O6P/c1-5-6-24-15-13-16(27-19(23)26-15)29(9-25-13)17-12(22)14(30)20(7-21,35-17)8-33-36(32)28-11(4)18(31)34-10(2)3/h9-12,14,17,30,36H,5-8H2,1-4H3,(H,28,32)(H3,23,24,26,27)/t11-,12-,14-,17+,20+/m0/s1. The van der Waals surface area contributed by atoms with E-state index in [4.69, 9.17) is 31.3 Å². The van der Waals surface area contributed by atoms with E-state index in [0.717, 1.165) is 6.42 Å². The molecule has 0 aliphatic carbocycles. The number of aliphatic hydroxyl groups excluding tert-OH is 1. The lowest BCUT2D eigenvalue weighted by molar-refractivity contribution is -0.149. The van der Waals surface area contributed by atoms with Gasteiger partial charge in [0.05, 0.1) is 24.9 Å². The Kier molecular flexibility index (Phi) is 9.47. The molecule has 1 aliphatic heterocycles. The van der Waals surface area contributed by atoms with E-state index < -0.39 is 50.9 Å². The number of imidazole rings is 1. The first-order valence-electron chi connectivity index (χ1n) is 11.5. The lowest BCUT2D eigenvalue weighted by atomic mass is 9.99. The molecule has 0 spiro atoms. The molecule has 3 heterocycles. The maximum atomic E-state index is 15.3. The Morgan fingerprint density at radius 1 is 1.44 bits per heavy atom. The third-order valence-electron chi connectivity index (χ3n) is 5.44. The van der Waals surface area contributed by atoms with Crippen molar-refractivity contribution in [3.63, 3.8) is 0 Å². The summed E-state index contributed by atoms with van der Waals surface area (Å²) in [5.74, 6) is -0.661. The van der Waals surface area contributed by atoms with Gasteiger partial charge in [-0.15, -0.1) is 11.6 Å². The molecule has 36 heavy (non-hydrogen) atoms. The molecule has 5 N–H and O–H groups in total. The second kappa shape index (κ2) is 12.0. The fourth-order valence-electron chi connectivity index (χ4n) is 3.59. The van der Waals surface area contributed by atoms with Crippen molar-refractivity contribution in [2.45, 2.75) is 70.4 Å². The number of nitrogens with one attached hydrogen (secondary N) is 2. The topological polar surface area (TPSA) is 176 Å². The Balaban J connectivity index is 1.76. The van der Waals surface area contributed by atoms with Gasteiger partial charge in [-0.2, -0.15) is 9.97 Å². The molecule has 0 bridgehead atoms. The van der Waals surface area contributed by atoms with Crippen molar-refractivity contribution in [2.24, 2.45) is 0 Å². The van der Waals surface area contributed by atoms with Crippen LogP contribution >= 0.6 is 19.8 Å². The number of alkyl halides is 2. The molecule has 13 nitrogen and oxygen atoms in total. The Labute approximate surface area is 213 Å². The van der Waals surface area contributed by atoms with Crippen LogP contribution in [0.1, 0.15) is 40.3 Å². The molecule has 1 saturated heterocycles. The van der Waals surface area contributed by atoms with Crippen LogP contribution in [0.2, 0.25) is 0 Å². The third kappa shape index (κ3) is 6.06. The number of rotatable bonds is 12. The summed E-state index contributed by atoms with van der Waals surface area (Å²) < 4.78 is 45.3. The number of nitrogen functional groups attached to an aromatic ring is 1. The predicted octanol–water partition coefficient (Wildman–Crippen LogP) is 1.77. The van der Waals surface area contributed by atoms with Crippen LogP contribution in [0.4, 0.5) is 16.2 Å². The summed E-state index contributed by atoms with van der Waals surface area (Å²) in [6.07, 6.45) is -3.28. The molecule has 1 fully saturated rings. The van der Waals surface area contributed by atoms with E-state index in [0.29, 0.717) is 17.9 Å². The molecule has 3 rings (SSSR count). The normalized spacial score (nSPS) is 25.8. The first kappa shape index (κ1) is 28.5. The van der Waals surface area contributed by atoms with Gasteiger partial charge in [0.25, 0.3) is 8.18 Å². The molecular weight excluding hydrogens is 520 g/mol. The van der Waals surface area contributed by atoms with Crippen molar-refractivity contribution in [3.05, 3.63) is 6.33 Å². The average molecular weight is 552 g/mol. The van der Waals surface area contributed by atoms with Gasteiger partial charge in [0.15, 0.2) is 29.4 Å². The zero-order valence-electron chi connectivity index (χ0n) is 20.4. The molecule has 0 radical (unpaired) electrons. The van der Waals surface area contributed by atoms with Gasteiger partial charge >= 0.3 is 5.97 Å². The number of carbonyl (C=O) groups is 1. The first-order chi connectivity index (χ1) is 17.0. The molecule has 2 aromatic heterocycles. The van der Waals surface area contributed by atoms with Crippen molar-refractivity contribution in [1.29, 1.82) is 0 Å². The second-order valence-electron chi connectivity index (χ2n) is 8.71. The van der Waals surface area contributed by atoms with Crippen LogP contribution in [0.5, 0.6) is 0 Å². The molecule has 0 aromatic carbocycles. The molecule has 1 aliphatic rings. The number of hydrogen-bond donors (Lipinski definition) is 4. The highest BCUT2D eigenvalue weighted by molar-refractivity contribution is 7.36. The van der Waals surface area contributed by atoms with E-state index in [9.17, 15) is 14.5 Å². The van der Waals surface area contributed by atoms with Crippen LogP contribution in [0.25, 0.3) is 11.2 Å². The Hall–Kier alpha value is -2.09. The SMILES string of the molecule is CCCNc1nc(N)nc2c1ncn2[C@@H]1O[C@](CCl)(CO[PH](=O)N[C@@H](C)C(=O)OC(C)C)[C@@H](O)[C@@H]1F. The minimum absolute atomic E-state index is 0.0569. The summed E-state index contributed by atoms with van der Waals surface area (Å²) in [6.45, 7) is 6.90. The van der Waals surface area contributed by atoms with Gasteiger partial charge in [-0.05, 0) is 27.2 Å². The zero-order chi connectivity index (χ0) is 26.6. The maximum absolute atomic E-state index is 15.3. The van der Waals surface area contributed by atoms with Crippen LogP contribution in [0, 0.1) is 0 Å². The number of nitrogens with two attached hydrogens (primary N) is 1. The molecule has 0 amide bonds. The minimum Gasteiger partial charge on any atom is -0.462 e. The highest BCUT2D eigenvalue weighted by Gasteiger charge is 2.56. The smallest absolute Gasteiger partial charge is 0.323 e. The van der Waals surface area contributed by atoms with E-state index in [1.807, 2.05) is 6.92 Å². The van der Waals surface area contributed by atoms with E-state index in [1.54, 1.807) is 13.8 Å². The average Bonchev–Trinajstić information content (AvgIpc) is 3.35. The maximum Gasteiger partial charge on any atom is 0.323 e. The van der Waals surface area contributed by atoms with Crippen molar-refractivity contribution in [3.8, 4) is 0 Å². The molecule has 6 atom stereocenters. The van der Waals surface area contributed by atoms with Crippen molar-refractivity contribution < 1.29 is 32.9 Å². The zero-order valence-corrected chi connectivity index (χ0v) is 22.2. The third-order valence-corrected chi connectivity index (χ3v) is 6.97. The fourth-order valence-corrected chi connectivity index (χ4v) is 4.81. The van der Waals surface area contributed by atoms with Gasteiger partial charge in [-0.3, -0.25) is 13.9 Å². The summed E-state index contributed by atoms with van der Waals surface area (Å²) in [4.78, 5) is 24.5. The van der Waals surface area contributed by atoms with E-state index >= 15 is 4.39 Å². The van der Waals surface area contributed by atoms with Crippen LogP contribution < -0.4 is 16.1 Å². The number of hydrogen-bond acceptors (Lipinski definition) is 11. The highest BCUT2D eigenvalue weighted by Crippen LogP contribution is 2.42. The number of esters is 1. The molecule has 202 valence electrons. The second-order valence-corrected chi connectivity index (χ2v) is 10.1. The molecule has 16 heteroatoms. The Morgan fingerprint density at radius 3 is 2.81 bits per heavy atom. The minimum atomic E-state index is -3.01. The predicted molar refractivity (Wildman–Crippen MR) is 132 cm³/mol. The monoisotopic (exact) mass is 551 g/mol. The number of nitrogens with zero attached hydrogens (tertiary/aromatic N) is 4. The van der Waals surface area contributed by atoms with Crippen LogP contribution in [-0.4, -0.2) is 79.6 Å². The highest BCUT2D eigenvalue weighted by atomic mass is 35.5. The number of aromatic nitrogens is 4. The van der Waals surface area contributed by atoms with Gasteiger partial charge in [-0.1, -0.05) is 6.92 Å². The number of fused-ring (bicyclic) bond motifs is 1. The van der Waals surface area contributed by atoms with E-state index in [2.05, 4.69) is 25.4 Å². The van der Waals surface area contributed by atoms with Gasteiger partial charge in [-0.25, -0.2) is 14.5 Å². The number of carbonyl (C=O) groups excluding carboxylic acids is 1. The molecular formula is C20H32ClFN7O6P. The summed E-state index contributed by atoms with van der Waals surface area (Å²) in [7, 11) is -3.01. The van der Waals surface area contributed by atoms with Gasteiger partial charge in [0.2, 0.25) is 5.95 Å². The van der Waals surface area contributed by atoms with Gasteiger partial charge in [0.1, 0.15) is 17.7 Å². The van der Waals surface area contributed by atoms with E-state index in [-0.39, 0.29) is 23.6 Å². The fraction of sp³-hybridized carbons (Fsp3) is 0.700. The lowest BCUT2D eigenvalue weighted by Crippen LogP contribution is -2.47. The Morgan fingerprint density at radius 2 is 2.17 bits per heavy atom. The summed E-state index contributed by atoms with van der Waals surface area (Å²) in [5, 5.41) is 16.3. The number of halogens is 2. The summed E-state index contributed by atoms with van der Waals surface area (Å²) in [5.41, 5.74) is 4.63. The largest absolute Gasteiger partial charge is 0.462 e. The van der Waals surface area contributed by atoms with Crippen LogP contribution in [0.3, 0.4) is 0 Å². The molecule has 2 aromatic rings. The summed E-state index contributed by atoms with van der Waals surface area (Å²) in [6, 6.07) is -0.917. The van der Waals surface area contributed by atoms with Crippen molar-refractivity contribution >= 4 is 48.7 Å². The number of aliphatic hydroxyl groups is 1.